The van der Waals surface area contributed by atoms with E-state index in [9.17, 15) is 4.79 Å². The molecule has 0 unspecified atom stereocenters. The van der Waals surface area contributed by atoms with Crippen LogP contribution in [0.5, 0.6) is 0 Å². The standard InChI is InChI=1S/C5H2N2O.C2H3NS/c8-4-3-1-2-6-5(4)7-3;3-1-2-4/h1-2H;4H,2H2. The van der Waals surface area contributed by atoms with E-state index >= 15 is 0 Å². The third-order valence-corrected chi connectivity index (χ3v) is 1.30. The number of nitrogens with zero attached hydrogens (tertiary/aromatic N) is 3. The van der Waals surface area contributed by atoms with E-state index < -0.39 is 0 Å². The van der Waals surface area contributed by atoms with E-state index in [4.69, 9.17) is 5.26 Å². The molecule has 0 saturated carbocycles. The lowest BCUT2D eigenvalue weighted by Crippen LogP contribution is -2.19. The zero-order valence-electron chi connectivity index (χ0n) is 6.06. The number of rotatable bonds is 0. The van der Waals surface area contributed by atoms with E-state index in [-0.39, 0.29) is 5.78 Å². The first kappa shape index (κ1) is 8.68. The highest BCUT2D eigenvalue weighted by atomic mass is 32.1. The molecule has 1 aromatic heterocycles. The van der Waals surface area contributed by atoms with Crippen LogP contribution in [0.25, 0.3) is 0 Å². The van der Waals surface area contributed by atoms with E-state index in [2.05, 4.69) is 22.6 Å². The van der Waals surface area contributed by atoms with Gasteiger partial charge in [0.25, 0.3) is 0 Å². The van der Waals surface area contributed by atoms with Gasteiger partial charge in [0, 0.05) is 6.20 Å². The molecule has 4 nitrogen and oxygen atoms in total. The van der Waals surface area contributed by atoms with E-state index in [1.165, 1.54) is 0 Å². The molecule has 60 valence electrons. The largest absolute Gasteiger partial charge is 0.283 e. The minimum atomic E-state index is -0.0208. The Morgan fingerprint density at radius 2 is 2.33 bits per heavy atom. The Morgan fingerprint density at radius 3 is 2.50 bits per heavy atom. The number of thiol groups is 1. The van der Waals surface area contributed by atoms with Crippen molar-refractivity contribution < 1.29 is 4.79 Å². The second-order valence-electron chi connectivity index (χ2n) is 1.91. The van der Waals surface area contributed by atoms with Gasteiger partial charge >= 0.3 is 0 Å². The maximum absolute atomic E-state index is 10.5. The van der Waals surface area contributed by atoms with Crippen LogP contribution in [0.1, 0.15) is 16.3 Å². The first-order chi connectivity index (χ1) is 5.79. The van der Waals surface area contributed by atoms with Crippen molar-refractivity contribution in [3.63, 3.8) is 0 Å². The van der Waals surface area contributed by atoms with Crippen molar-refractivity contribution in [3.05, 3.63) is 23.8 Å². The predicted octanol–water partition coefficient (Wildman–Crippen LogP) is 0.461. The molecule has 0 N–H and O–H groups in total. The van der Waals surface area contributed by atoms with Crippen molar-refractivity contribution in [1.29, 1.82) is 5.26 Å². The fraction of sp³-hybridized carbons (Fsp3) is 0.143. The van der Waals surface area contributed by atoms with Gasteiger partial charge in [0.2, 0.25) is 11.6 Å². The maximum atomic E-state index is 10.5. The normalized spacial score (nSPS) is 10.5. The summed E-state index contributed by atoms with van der Waals surface area (Å²) < 4.78 is 0. The number of carbonyl (C=O) groups excluding carboxylic acids is 1. The second kappa shape index (κ2) is 3.83. The fourth-order valence-electron chi connectivity index (χ4n) is 0.656. The first-order valence-electron chi connectivity index (χ1n) is 3.15. The Balaban J connectivity index is 0.000000157. The van der Waals surface area contributed by atoms with Crippen LogP contribution in [0.15, 0.2) is 12.3 Å². The number of hydrogen-bond acceptors (Lipinski definition) is 5. The Kier molecular flexibility index (Phi) is 2.77. The second-order valence-corrected chi connectivity index (χ2v) is 2.23. The quantitative estimate of drug-likeness (QED) is 0.596. The minimum absolute atomic E-state index is 0.0208. The van der Waals surface area contributed by atoms with E-state index in [0.29, 0.717) is 17.3 Å². The van der Waals surface area contributed by atoms with E-state index in [1.807, 2.05) is 0 Å². The Morgan fingerprint density at radius 1 is 1.67 bits per heavy atom. The zero-order valence-corrected chi connectivity index (χ0v) is 6.95. The van der Waals surface area contributed by atoms with Gasteiger partial charge in [-0.3, -0.25) is 4.79 Å². The highest BCUT2D eigenvalue weighted by Gasteiger charge is 2.22. The van der Waals surface area contributed by atoms with Crippen LogP contribution in [-0.4, -0.2) is 21.5 Å². The van der Waals surface area contributed by atoms with Crippen LogP contribution >= 0.6 is 12.6 Å². The molecule has 3 rings (SSSR count). The predicted molar refractivity (Wildman–Crippen MR) is 44.9 cm³/mol. The summed E-state index contributed by atoms with van der Waals surface area (Å²) >= 11 is 3.56. The lowest BCUT2D eigenvalue weighted by Gasteiger charge is -2.06. The van der Waals surface area contributed by atoms with Gasteiger partial charge in [-0.05, 0) is 6.07 Å². The summed E-state index contributed by atoms with van der Waals surface area (Å²) in [5.74, 6) is 0.648. The van der Waals surface area contributed by atoms with Crippen LogP contribution < -0.4 is 0 Å². The van der Waals surface area contributed by atoms with Crippen LogP contribution in [0.3, 0.4) is 0 Å². The lowest BCUT2D eigenvalue weighted by atomic mass is 10.2. The third-order valence-electron chi connectivity index (χ3n) is 1.16. The summed E-state index contributed by atoms with van der Waals surface area (Å²) in [6.07, 6.45) is 1.58. The average Bonchev–Trinajstić information content (AvgIpc) is 2.18. The third kappa shape index (κ3) is 1.60. The molecule has 0 radical (unpaired) electrons. The molecule has 0 amide bonds. The molecule has 0 aromatic carbocycles. The van der Waals surface area contributed by atoms with E-state index in [0.717, 1.165) is 0 Å². The monoisotopic (exact) mass is 179 g/mol. The van der Waals surface area contributed by atoms with Crippen molar-refractivity contribution in [2.24, 2.45) is 0 Å². The number of hydrogen-bond donors (Lipinski definition) is 1. The highest BCUT2D eigenvalue weighted by Crippen LogP contribution is 2.10. The summed E-state index contributed by atoms with van der Waals surface area (Å²) in [4.78, 5) is 17.9. The number of ketones is 1. The number of aromatic nitrogens is 2. The summed E-state index contributed by atoms with van der Waals surface area (Å²) in [5, 5.41) is 7.55. The van der Waals surface area contributed by atoms with Gasteiger partial charge in [-0.15, -0.1) is 0 Å². The van der Waals surface area contributed by atoms with Crippen LogP contribution in [0.2, 0.25) is 0 Å². The zero-order chi connectivity index (χ0) is 8.97. The van der Waals surface area contributed by atoms with Crippen molar-refractivity contribution in [1.82, 2.24) is 9.97 Å². The summed E-state index contributed by atoms with van der Waals surface area (Å²) in [6, 6.07) is 3.40. The molecule has 0 aliphatic carbocycles. The molecule has 0 atom stereocenters. The van der Waals surface area contributed by atoms with Gasteiger partial charge in [-0.25, -0.2) is 9.97 Å². The van der Waals surface area contributed by atoms with Gasteiger partial charge in [0.15, 0.2) is 0 Å². The number of fused-ring (bicyclic) bond motifs is 2. The molecule has 2 aliphatic rings. The van der Waals surface area contributed by atoms with Gasteiger partial charge in [-0.2, -0.15) is 17.9 Å². The molecule has 2 aliphatic heterocycles. The van der Waals surface area contributed by atoms with Gasteiger partial charge in [0.1, 0.15) is 5.69 Å². The molecule has 12 heavy (non-hydrogen) atoms. The van der Waals surface area contributed by atoms with Gasteiger partial charge in [0.05, 0.1) is 11.8 Å². The number of nitriles is 1. The fourth-order valence-corrected chi connectivity index (χ4v) is 0.656. The Labute approximate surface area is 74.7 Å². The van der Waals surface area contributed by atoms with Crippen molar-refractivity contribution in [2.75, 3.05) is 5.75 Å². The molecule has 0 spiro atoms. The van der Waals surface area contributed by atoms with Crippen LogP contribution in [-0.2, 0) is 0 Å². The maximum Gasteiger partial charge on any atom is 0.248 e. The number of carbonyl (C=O) groups is 1. The summed E-state index contributed by atoms with van der Waals surface area (Å²) in [7, 11) is 0. The SMILES string of the molecule is N#CCS.O=C1c2ccnc1n2. The lowest BCUT2D eigenvalue weighted by molar-refractivity contribution is 0.0995. The van der Waals surface area contributed by atoms with Crippen molar-refractivity contribution in [2.45, 2.75) is 0 Å². The molecule has 3 heterocycles. The highest BCUT2D eigenvalue weighted by molar-refractivity contribution is 7.80. The Bertz CT molecular complexity index is 316. The molecule has 2 bridgehead atoms. The molecular weight excluding hydrogens is 174 g/mol. The molecular formula is C7H5N3OS. The van der Waals surface area contributed by atoms with Crippen LogP contribution in [0, 0.1) is 11.3 Å². The van der Waals surface area contributed by atoms with Crippen molar-refractivity contribution >= 4 is 18.4 Å². The molecule has 0 saturated heterocycles. The van der Waals surface area contributed by atoms with Gasteiger partial charge < -0.3 is 0 Å². The Hall–Kier alpha value is -1.41. The minimum Gasteiger partial charge on any atom is -0.283 e. The van der Waals surface area contributed by atoms with Gasteiger partial charge in [-0.1, -0.05) is 0 Å². The molecule has 5 heteroatoms. The van der Waals surface area contributed by atoms with Crippen LogP contribution in [0.4, 0.5) is 0 Å². The summed E-state index contributed by atoms with van der Waals surface area (Å²) in [6.45, 7) is 0. The van der Waals surface area contributed by atoms with Crippen molar-refractivity contribution in [3.8, 4) is 6.07 Å². The molecule has 1 aromatic rings. The topological polar surface area (TPSA) is 66.6 Å². The first-order valence-corrected chi connectivity index (χ1v) is 3.78. The molecule has 0 fully saturated rings. The summed E-state index contributed by atoms with van der Waals surface area (Å²) in [5.41, 5.74) is 0.537. The average molecular weight is 179 g/mol. The van der Waals surface area contributed by atoms with E-state index in [1.54, 1.807) is 18.3 Å². The smallest absolute Gasteiger partial charge is 0.248 e.